The molecule has 7 aromatic rings. The van der Waals surface area contributed by atoms with Crippen LogP contribution in [-0.4, -0.2) is 8.07 Å². The van der Waals surface area contributed by atoms with Crippen LogP contribution in [0.4, 0.5) is 0 Å². The van der Waals surface area contributed by atoms with Crippen LogP contribution < -0.4 is 25.3 Å². The number of hydrogen-bond donors (Lipinski definition) is 0. The molecule has 46 heavy (non-hydrogen) atoms. The van der Waals surface area contributed by atoms with Crippen molar-refractivity contribution in [3.05, 3.63) is 175 Å². The Labute approximate surface area is 274 Å². The van der Waals surface area contributed by atoms with Crippen molar-refractivity contribution in [2.75, 3.05) is 0 Å². The van der Waals surface area contributed by atoms with Crippen LogP contribution >= 0.6 is 0 Å². The molecule has 2 heteroatoms. The number of rotatable bonds is 7. The first-order valence-corrected chi connectivity index (χ1v) is 18.3. The smallest absolute Gasteiger partial charge is 0.200 e. The van der Waals surface area contributed by atoms with E-state index in [9.17, 15) is 0 Å². The molecule has 0 fully saturated rings. The van der Waals surface area contributed by atoms with Gasteiger partial charge in [0.25, 0.3) is 0 Å². The van der Waals surface area contributed by atoms with Crippen molar-refractivity contribution in [1.82, 2.24) is 0 Å². The minimum absolute atomic E-state index is 0.420. The van der Waals surface area contributed by atoms with E-state index in [-0.39, 0.29) is 0 Å². The predicted octanol–water partition coefficient (Wildman–Crippen LogP) is 7.81. The van der Waals surface area contributed by atoms with Crippen LogP contribution in [0.15, 0.2) is 164 Å². The molecule has 224 valence electrons. The second kappa shape index (κ2) is 12.4. The van der Waals surface area contributed by atoms with Gasteiger partial charge < -0.3 is 0 Å². The van der Waals surface area contributed by atoms with Gasteiger partial charge in [0.1, 0.15) is 7.05 Å². The highest BCUT2D eigenvalue weighted by Gasteiger charge is 2.41. The molecule has 0 saturated heterocycles. The SMILES string of the molecule is Cc1c(-c2c3ccc([Si](c4ccccc4)(c4ccccc4)c4ccccc4)cc3cc[n+]2C)cc(-c2ccccc2)cc1C(C)C. The van der Waals surface area contributed by atoms with Crippen molar-refractivity contribution < 1.29 is 4.57 Å². The summed E-state index contributed by atoms with van der Waals surface area (Å²) >= 11 is 0. The van der Waals surface area contributed by atoms with Crippen LogP contribution in [-0.2, 0) is 7.05 Å². The Bertz CT molecular complexity index is 2020. The Kier molecular flexibility index (Phi) is 7.98. The Hall–Kier alpha value is -5.05. The molecule has 7 rings (SSSR count). The van der Waals surface area contributed by atoms with E-state index in [0.29, 0.717) is 5.92 Å². The van der Waals surface area contributed by atoms with Crippen molar-refractivity contribution in [3.63, 3.8) is 0 Å². The van der Waals surface area contributed by atoms with Crippen molar-refractivity contribution in [1.29, 1.82) is 0 Å². The van der Waals surface area contributed by atoms with E-state index in [4.69, 9.17) is 0 Å². The summed E-state index contributed by atoms with van der Waals surface area (Å²) in [5.41, 5.74) is 7.82. The van der Waals surface area contributed by atoms with Crippen LogP contribution in [0, 0.1) is 6.92 Å². The average Bonchev–Trinajstić information content (AvgIpc) is 3.11. The Morgan fingerprint density at radius 3 is 1.57 bits per heavy atom. The molecule has 0 aliphatic heterocycles. The number of benzene rings is 6. The maximum absolute atomic E-state index is 2.62. The van der Waals surface area contributed by atoms with E-state index in [1.54, 1.807) is 0 Å². The molecule has 1 heterocycles. The molecular weight excluding hydrogens is 571 g/mol. The summed E-state index contributed by atoms with van der Waals surface area (Å²) in [6.07, 6.45) is 2.24. The van der Waals surface area contributed by atoms with Gasteiger partial charge in [0.15, 0.2) is 14.3 Å². The molecule has 0 atom stereocenters. The molecule has 0 radical (unpaired) electrons. The number of aryl methyl sites for hydroxylation is 1. The largest absolute Gasteiger partial charge is 0.220 e. The maximum Gasteiger partial charge on any atom is 0.220 e. The lowest BCUT2D eigenvalue weighted by Gasteiger charge is -2.34. The number of aromatic nitrogens is 1. The predicted molar refractivity (Wildman–Crippen MR) is 198 cm³/mol. The first kappa shape index (κ1) is 29.6. The molecule has 0 aliphatic rings. The first-order chi connectivity index (χ1) is 22.5. The highest BCUT2D eigenvalue weighted by molar-refractivity contribution is 7.20. The maximum atomic E-state index is 2.48. The summed E-state index contributed by atoms with van der Waals surface area (Å²) in [5.74, 6) is 0.420. The molecule has 0 spiro atoms. The van der Waals surface area contributed by atoms with E-state index < -0.39 is 8.07 Å². The van der Waals surface area contributed by atoms with Crippen molar-refractivity contribution in [2.45, 2.75) is 26.7 Å². The molecule has 0 aliphatic carbocycles. The molecule has 0 amide bonds. The molecule has 0 unspecified atom stereocenters. The summed E-state index contributed by atoms with van der Waals surface area (Å²) in [5, 5.41) is 8.10. The lowest BCUT2D eigenvalue weighted by molar-refractivity contribution is -0.659. The fraction of sp³-hybridized carbons (Fsp3) is 0.114. The van der Waals surface area contributed by atoms with E-state index >= 15 is 0 Å². The summed E-state index contributed by atoms with van der Waals surface area (Å²) in [7, 11) is -0.438. The van der Waals surface area contributed by atoms with Crippen LogP contribution in [0.3, 0.4) is 0 Å². The highest BCUT2D eigenvalue weighted by Crippen LogP contribution is 2.36. The van der Waals surface area contributed by atoms with Crippen molar-refractivity contribution in [3.8, 4) is 22.4 Å². The number of hydrogen-bond acceptors (Lipinski definition) is 0. The van der Waals surface area contributed by atoms with Gasteiger partial charge in [0.05, 0.1) is 10.9 Å². The second-order valence-electron chi connectivity index (χ2n) is 12.7. The van der Waals surface area contributed by atoms with E-state index in [1.165, 1.54) is 65.0 Å². The zero-order valence-corrected chi connectivity index (χ0v) is 28.1. The summed E-state index contributed by atoms with van der Waals surface area (Å²) in [6.45, 7) is 6.90. The van der Waals surface area contributed by atoms with Crippen molar-refractivity contribution in [2.24, 2.45) is 7.05 Å². The monoisotopic (exact) mass is 610 g/mol. The molecule has 0 bridgehead atoms. The summed E-state index contributed by atoms with van der Waals surface area (Å²) in [6, 6.07) is 58.7. The van der Waals surface area contributed by atoms with Gasteiger partial charge in [-0.05, 0) is 73.4 Å². The van der Waals surface area contributed by atoms with E-state index in [0.717, 1.165) is 0 Å². The quantitative estimate of drug-likeness (QED) is 0.0985. The number of nitrogens with zero attached hydrogens (tertiary/aromatic N) is 1. The standard InChI is InChI=1S/C44H40NSi/c1-32(2)42-30-36(34-17-9-5-10-18-34)31-43(33(42)3)44-41-26-25-40(29-35(41)27-28-45(44)4)46(37-19-11-6-12-20-37,38-21-13-7-14-22-38)39-23-15-8-16-24-39/h5-32H,1-4H3/q+1. The Morgan fingerprint density at radius 2 is 1.04 bits per heavy atom. The van der Waals surface area contributed by atoms with Gasteiger partial charge in [0, 0.05) is 6.07 Å². The van der Waals surface area contributed by atoms with E-state index in [1.807, 2.05) is 0 Å². The van der Waals surface area contributed by atoms with Crippen LogP contribution in [0.1, 0.15) is 30.9 Å². The topological polar surface area (TPSA) is 3.88 Å². The second-order valence-corrected chi connectivity index (χ2v) is 16.5. The zero-order chi connectivity index (χ0) is 31.7. The zero-order valence-electron chi connectivity index (χ0n) is 27.1. The fourth-order valence-electron chi connectivity index (χ4n) is 7.39. The lowest BCUT2D eigenvalue weighted by atomic mass is 9.87. The third kappa shape index (κ3) is 5.09. The van der Waals surface area contributed by atoms with Gasteiger partial charge in [-0.3, -0.25) is 0 Å². The minimum Gasteiger partial charge on any atom is -0.200 e. The lowest BCUT2D eigenvalue weighted by Crippen LogP contribution is -2.74. The van der Waals surface area contributed by atoms with Crippen LogP contribution in [0.25, 0.3) is 33.2 Å². The molecule has 1 aromatic heterocycles. The van der Waals surface area contributed by atoms with Crippen LogP contribution in [0.2, 0.25) is 0 Å². The number of fused-ring (bicyclic) bond motifs is 1. The first-order valence-electron chi connectivity index (χ1n) is 16.3. The normalized spacial score (nSPS) is 11.7. The number of pyridine rings is 1. The van der Waals surface area contributed by atoms with Gasteiger partial charge in [-0.15, -0.1) is 0 Å². The van der Waals surface area contributed by atoms with Crippen molar-refractivity contribution >= 4 is 39.6 Å². The third-order valence-corrected chi connectivity index (χ3v) is 14.4. The van der Waals surface area contributed by atoms with Gasteiger partial charge in [-0.1, -0.05) is 153 Å². The van der Waals surface area contributed by atoms with Gasteiger partial charge >= 0.3 is 0 Å². The van der Waals surface area contributed by atoms with Gasteiger partial charge in [0.2, 0.25) is 5.69 Å². The summed E-state index contributed by atoms with van der Waals surface area (Å²) < 4.78 is 2.31. The fourth-order valence-corrected chi connectivity index (χ4v) is 12.2. The molecular formula is C44H40NSi+. The van der Waals surface area contributed by atoms with Gasteiger partial charge in [-0.25, -0.2) is 4.57 Å². The summed E-state index contributed by atoms with van der Waals surface area (Å²) in [4.78, 5) is 0. The van der Waals surface area contributed by atoms with Crippen LogP contribution in [0.5, 0.6) is 0 Å². The highest BCUT2D eigenvalue weighted by atomic mass is 28.3. The molecule has 6 aromatic carbocycles. The molecule has 0 saturated carbocycles. The molecule has 0 N–H and O–H groups in total. The van der Waals surface area contributed by atoms with Gasteiger partial charge in [-0.2, -0.15) is 0 Å². The Morgan fingerprint density at radius 1 is 0.522 bits per heavy atom. The van der Waals surface area contributed by atoms with E-state index in [2.05, 4.69) is 196 Å². The average molecular weight is 611 g/mol. The minimum atomic E-state index is -2.62. The molecule has 1 nitrogen and oxygen atoms in total. The third-order valence-electron chi connectivity index (χ3n) is 9.62. The Balaban J connectivity index is 1.51.